The van der Waals surface area contributed by atoms with E-state index in [0.717, 1.165) is 0 Å². The quantitative estimate of drug-likeness (QED) is 0.402. The van der Waals surface area contributed by atoms with Gasteiger partial charge >= 0.3 is 11.8 Å². The lowest BCUT2D eigenvalue weighted by Gasteiger charge is -2.19. The van der Waals surface area contributed by atoms with Gasteiger partial charge in [0.15, 0.2) is 0 Å². The van der Waals surface area contributed by atoms with Crippen molar-refractivity contribution in [3.8, 4) is 0 Å². The second-order valence-corrected chi connectivity index (χ2v) is 3.93. The number of likely N-dealkylation sites (N-methyl/N-ethyl adjacent to an activating group) is 1. The highest BCUT2D eigenvalue weighted by atomic mass is 16.6. The smallest absolute Gasteiger partial charge is 0.389 e. The van der Waals surface area contributed by atoms with Crippen LogP contribution in [0.1, 0.15) is 13.3 Å². The van der Waals surface area contributed by atoms with E-state index in [-0.39, 0.29) is 31.2 Å². The molecular weight excluding hydrogens is 268 g/mol. The fraction of sp³-hybridized carbons (Fsp3) is 0.545. The molecule has 0 aliphatic rings. The van der Waals surface area contributed by atoms with Gasteiger partial charge in [-0.3, -0.25) is 9.59 Å². The van der Waals surface area contributed by atoms with E-state index in [9.17, 15) is 19.7 Å². The van der Waals surface area contributed by atoms with Crippen molar-refractivity contribution >= 4 is 17.7 Å². The Balaban J connectivity index is 2.57. The Morgan fingerprint density at radius 3 is 2.75 bits per heavy atom. The summed E-state index contributed by atoms with van der Waals surface area (Å²) < 4.78 is 5.70. The highest BCUT2D eigenvalue weighted by molar-refractivity contribution is 5.77. The Labute approximate surface area is 115 Å². The molecule has 0 fully saturated rings. The highest BCUT2D eigenvalue weighted by Crippen LogP contribution is 2.06. The van der Waals surface area contributed by atoms with Crippen molar-refractivity contribution < 1.29 is 19.2 Å². The normalized spacial score (nSPS) is 10.1. The lowest BCUT2D eigenvalue weighted by molar-refractivity contribution is -0.389. The Kier molecular flexibility index (Phi) is 5.63. The Morgan fingerprint density at radius 1 is 1.55 bits per heavy atom. The van der Waals surface area contributed by atoms with Crippen LogP contribution >= 0.6 is 0 Å². The molecule has 1 amide bonds. The van der Waals surface area contributed by atoms with Crippen LogP contribution in [0, 0.1) is 10.1 Å². The number of ether oxygens (including phenoxy) is 1. The van der Waals surface area contributed by atoms with Crippen LogP contribution in [0.4, 0.5) is 5.82 Å². The van der Waals surface area contributed by atoms with Crippen molar-refractivity contribution in [1.29, 1.82) is 0 Å². The molecule has 1 heterocycles. The van der Waals surface area contributed by atoms with E-state index >= 15 is 0 Å². The minimum Gasteiger partial charge on any atom is -0.469 e. The van der Waals surface area contributed by atoms with E-state index in [2.05, 4.69) is 9.84 Å². The van der Waals surface area contributed by atoms with Gasteiger partial charge < -0.3 is 19.8 Å². The molecule has 9 heteroatoms. The molecule has 0 saturated carbocycles. The molecule has 0 aliphatic heterocycles. The predicted octanol–water partition coefficient (Wildman–Crippen LogP) is 0.203. The van der Waals surface area contributed by atoms with Crippen LogP contribution in [0.5, 0.6) is 0 Å². The number of nitro groups is 1. The third-order valence-electron chi connectivity index (χ3n) is 2.66. The predicted molar refractivity (Wildman–Crippen MR) is 67.8 cm³/mol. The van der Waals surface area contributed by atoms with Gasteiger partial charge in [-0.25, -0.2) is 0 Å². The standard InChI is InChI=1S/C11H16N4O5/c1-3-13(6-5-11(17)20-2)10(16)8-14-7-4-9(12-14)15(18)19/h4,7H,3,5-6,8H2,1-2H3. The first kappa shape index (κ1) is 15.6. The summed E-state index contributed by atoms with van der Waals surface area (Å²) in [5, 5.41) is 14.1. The fourth-order valence-corrected chi connectivity index (χ4v) is 1.56. The second kappa shape index (κ2) is 7.22. The molecule has 1 rings (SSSR count). The molecule has 0 spiro atoms. The number of hydrogen-bond acceptors (Lipinski definition) is 6. The monoisotopic (exact) mass is 284 g/mol. The first-order valence-corrected chi connectivity index (χ1v) is 6.00. The number of aromatic nitrogens is 2. The molecule has 9 nitrogen and oxygen atoms in total. The van der Waals surface area contributed by atoms with Crippen LogP contribution in [0.25, 0.3) is 0 Å². The van der Waals surface area contributed by atoms with Crippen molar-refractivity contribution in [2.75, 3.05) is 20.2 Å². The van der Waals surface area contributed by atoms with Gasteiger partial charge in [0.05, 0.1) is 30.9 Å². The topological polar surface area (TPSA) is 108 Å². The summed E-state index contributed by atoms with van der Waals surface area (Å²) in [6.45, 7) is 2.34. The molecule has 1 aromatic rings. The fourth-order valence-electron chi connectivity index (χ4n) is 1.56. The number of hydrogen-bond donors (Lipinski definition) is 0. The number of methoxy groups -OCH3 is 1. The zero-order valence-corrected chi connectivity index (χ0v) is 11.3. The lowest BCUT2D eigenvalue weighted by Crippen LogP contribution is -2.35. The summed E-state index contributed by atoms with van der Waals surface area (Å²) in [6, 6.07) is 1.22. The van der Waals surface area contributed by atoms with E-state index in [1.165, 1.54) is 29.0 Å². The molecule has 20 heavy (non-hydrogen) atoms. The molecule has 0 atom stereocenters. The van der Waals surface area contributed by atoms with Crippen molar-refractivity contribution in [2.45, 2.75) is 19.9 Å². The average molecular weight is 284 g/mol. The third-order valence-corrected chi connectivity index (χ3v) is 2.66. The van der Waals surface area contributed by atoms with E-state index in [0.29, 0.717) is 6.54 Å². The van der Waals surface area contributed by atoms with Gasteiger partial charge in [0.25, 0.3) is 0 Å². The Hall–Kier alpha value is -2.45. The first-order valence-electron chi connectivity index (χ1n) is 6.00. The molecule has 0 radical (unpaired) electrons. The number of nitrogens with zero attached hydrogens (tertiary/aromatic N) is 4. The number of esters is 1. The second-order valence-electron chi connectivity index (χ2n) is 3.93. The summed E-state index contributed by atoms with van der Waals surface area (Å²) in [5.74, 6) is -0.976. The van der Waals surface area contributed by atoms with E-state index in [4.69, 9.17) is 0 Å². The van der Waals surface area contributed by atoms with Crippen LogP contribution in [0.2, 0.25) is 0 Å². The minimum atomic E-state index is -0.629. The third kappa shape index (κ3) is 4.34. The summed E-state index contributed by atoms with van der Waals surface area (Å²) in [4.78, 5) is 34.3. The Bertz CT molecular complexity index is 499. The lowest BCUT2D eigenvalue weighted by atomic mass is 10.3. The summed E-state index contributed by atoms with van der Waals surface area (Å²) >= 11 is 0. The summed E-state index contributed by atoms with van der Waals surface area (Å²) in [5.41, 5.74) is 0. The average Bonchev–Trinajstić information content (AvgIpc) is 2.87. The summed E-state index contributed by atoms with van der Waals surface area (Å²) in [6.07, 6.45) is 1.47. The highest BCUT2D eigenvalue weighted by Gasteiger charge is 2.18. The summed E-state index contributed by atoms with van der Waals surface area (Å²) in [7, 11) is 1.28. The van der Waals surface area contributed by atoms with Gasteiger partial charge in [0.2, 0.25) is 5.91 Å². The van der Waals surface area contributed by atoms with Crippen LogP contribution in [-0.2, 0) is 20.9 Å². The largest absolute Gasteiger partial charge is 0.469 e. The van der Waals surface area contributed by atoms with Crippen LogP contribution in [0.3, 0.4) is 0 Å². The van der Waals surface area contributed by atoms with Crippen LogP contribution in [-0.4, -0.2) is 51.7 Å². The zero-order chi connectivity index (χ0) is 15.1. The van der Waals surface area contributed by atoms with Crippen LogP contribution < -0.4 is 0 Å². The van der Waals surface area contributed by atoms with E-state index in [1.54, 1.807) is 6.92 Å². The van der Waals surface area contributed by atoms with Gasteiger partial charge in [-0.15, -0.1) is 0 Å². The molecule has 0 bridgehead atoms. The molecule has 1 aromatic heterocycles. The van der Waals surface area contributed by atoms with Crippen molar-refractivity contribution in [2.24, 2.45) is 0 Å². The van der Waals surface area contributed by atoms with E-state index in [1.807, 2.05) is 0 Å². The molecule has 0 aliphatic carbocycles. The maximum Gasteiger partial charge on any atom is 0.389 e. The van der Waals surface area contributed by atoms with Gasteiger partial charge in [-0.05, 0) is 11.8 Å². The molecule has 110 valence electrons. The van der Waals surface area contributed by atoms with Crippen molar-refractivity contribution in [3.05, 3.63) is 22.4 Å². The molecule has 0 unspecified atom stereocenters. The van der Waals surface area contributed by atoms with Crippen LogP contribution in [0.15, 0.2) is 12.3 Å². The van der Waals surface area contributed by atoms with Gasteiger partial charge in [0, 0.05) is 13.1 Å². The van der Waals surface area contributed by atoms with Gasteiger partial charge in [-0.2, -0.15) is 4.68 Å². The maximum atomic E-state index is 12.0. The molecule has 0 aromatic carbocycles. The molecule has 0 saturated heterocycles. The number of rotatable bonds is 7. The molecular formula is C11H16N4O5. The maximum absolute atomic E-state index is 12.0. The van der Waals surface area contributed by atoms with Gasteiger partial charge in [0.1, 0.15) is 6.54 Å². The zero-order valence-electron chi connectivity index (χ0n) is 11.3. The number of carbonyl (C=O) groups is 2. The SMILES string of the molecule is CCN(CCC(=O)OC)C(=O)Cn1ccc([N+](=O)[O-])n1. The van der Waals surface area contributed by atoms with Crippen molar-refractivity contribution in [3.63, 3.8) is 0 Å². The van der Waals surface area contributed by atoms with Gasteiger partial charge in [-0.1, -0.05) is 0 Å². The van der Waals surface area contributed by atoms with Crippen molar-refractivity contribution in [1.82, 2.24) is 14.7 Å². The Morgan fingerprint density at radius 2 is 2.25 bits per heavy atom. The number of carbonyl (C=O) groups excluding carboxylic acids is 2. The minimum absolute atomic E-state index is 0.106. The first-order chi connectivity index (χ1) is 9.47. The number of amides is 1. The molecule has 0 N–H and O–H groups in total. The van der Waals surface area contributed by atoms with E-state index < -0.39 is 10.9 Å².